The van der Waals surface area contributed by atoms with E-state index in [1.54, 1.807) is 0 Å². The van der Waals surface area contributed by atoms with E-state index in [0.717, 1.165) is 10.4 Å². The highest BCUT2D eigenvalue weighted by atomic mass is 35.5. The van der Waals surface area contributed by atoms with Gasteiger partial charge < -0.3 is 4.52 Å². The van der Waals surface area contributed by atoms with Crippen molar-refractivity contribution in [2.75, 3.05) is 0 Å². The summed E-state index contributed by atoms with van der Waals surface area (Å²) in [4.78, 5) is 4.63. The summed E-state index contributed by atoms with van der Waals surface area (Å²) < 4.78 is 4.88. The lowest BCUT2D eigenvalue weighted by Gasteiger charge is -1.88. The van der Waals surface area contributed by atoms with Gasteiger partial charge in [0.25, 0.3) is 11.2 Å². The van der Waals surface area contributed by atoms with Gasteiger partial charge in [-0.05, 0) is 34.6 Å². The molecule has 0 aliphatic heterocycles. The van der Waals surface area contributed by atoms with Crippen molar-refractivity contribution >= 4 is 34.5 Å². The zero-order chi connectivity index (χ0) is 9.42. The maximum absolute atomic E-state index is 5.99. The lowest BCUT2D eigenvalue weighted by atomic mass is 10.3. The normalized spacial score (nSPS) is 10.7. The fraction of sp³-hybridized carbons (Fsp3) is 0.143. The maximum atomic E-state index is 5.99. The van der Waals surface area contributed by atoms with Crippen LogP contribution in [0.2, 0.25) is 10.3 Å². The third-order valence-electron chi connectivity index (χ3n) is 1.49. The second-order valence-electron chi connectivity index (χ2n) is 2.43. The van der Waals surface area contributed by atoms with Crippen LogP contribution in [0.1, 0.15) is 5.56 Å². The first-order valence-corrected chi connectivity index (χ1v) is 5.05. The van der Waals surface area contributed by atoms with Gasteiger partial charge in [-0.15, -0.1) is 11.3 Å². The molecule has 0 aliphatic carbocycles. The molecule has 0 atom stereocenters. The Balaban J connectivity index is 2.52. The van der Waals surface area contributed by atoms with Crippen LogP contribution in [0.25, 0.3) is 10.8 Å². The van der Waals surface area contributed by atoms with Gasteiger partial charge in [0.05, 0.1) is 5.02 Å². The first-order chi connectivity index (χ1) is 6.18. The predicted molar refractivity (Wildman–Crippen MR) is 52.4 cm³/mol. The molecule has 6 heteroatoms. The topological polar surface area (TPSA) is 38.9 Å². The van der Waals surface area contributed by atoms with Crippen molar-refractivity contribution in [2.24, 2.45) is 0 Å². The maximum Gasteiger partial charge on any atom is 0.270 e. The van der Waals surface area contributed by atoms with Crippen molar-refractivity contribution in [3.05, 3.63) is 21.2 Å². The van der Waals surface area contributed by atoms with E-state index >= 15 is 0 Å². The molecule has 13 heavy (non-hydrogen) atoms. The molecule has 2 aromatic rings. The van der Waals surface area contributed by atoms with E-state index in [4.69, 9.17) is 27.7 Å². The quantitative estimate of drug-likeness (QED) is 0.760. The Morgan fingerprint density at radius 1 is 1.46 bits per heavy atom. The van der Waals surface area contributed by atoms with E-state index in [1.807, 2.05) is 12.3 Å². The molecule has 0 aromatic carbocycles. The Morgan fingerprint density at radius 3 is 2.69 bits per heavy atom. The van der Waals surface area contributed by atoms with Gasteiger partial charge in [0.2, 0.25) is 0 Å². The number of aromatic nitrogens is 2. The van der Waals surface area contributed by atoms with Crippen LogP contribution >= 0.6 is 34.5 Å². The highest BCUT2D eigenvalue weighted by Crippen LogP contribution is 2.35. The van der Waals surface area contributed by atoms with Crippen LogP contribution in [0.3, 0.4) is 0 Å². The number of hydrogen-bond donors (Lipinski definition) is 0. The summed E-state index contributed by atoms with van der Waals surface area (Å²) in [6, 6.07) is 0. The van der Waals surface area contributed by atoms with Gasteiger partial charge in [-0.1, -0.05) is 11.6 Å². The molecule has 0 radical (unpaired) electrons. The lowest BCUT2D eigenvalue weighted by Crippen LogP contribution is -1.72. The second kappa shape index (κ2) is 3.29. The van der Waals surface area contributed by atoms with E-state index in [2.05, 4.69) is 10.1 Å². The average molecular weight is 235 g/mol. The van der Waals surface area contributed by atoms with Crippen LogP contribution in [0.15, 0.2) is 9.90 Å². The Morgan fingerprint density at radius 2 is 2.23 bits per heavy atom. The van der Waals surface area contributed by atoms with Gasteiger partial charge >= 0.3 is 0 Å². The summed E-state index contributed by atoms with van der Waals surface area (Å²) in [7, 11) is 0. The molecule has 0 aliphatic rings. The minimum atomic E-state index is 0.0946. The number of aryl methyl sites for hydroxylation is 1. The smallest absolute Gasteiger partial charge is 0.270 e. The molecule has 0 fully saturated rings. The van der Waals surface area contributed by atoms with E-state index in [0.29, 0.717) is 10.9 Å². The number of thiophene rings is 1. The van der Waals surface area contributed by atoms with Gasteiger partial charge in [0.15, 0.2) is 0 Å². The first kappa shape index (κ1) is 8.99. The van der Waals surface area contributed by atoms with Crippen molar-refractivity contribution in [3.8, 4) is 10.8 Å². The fourth-order valence-corrected chi connectivity index (χ4v) is 2.18. The average Bonchev–Trinajstić information content (AvgIpc) is 2.62. The second-order valence-corrected chi connectivity index (χ2v) is 4.03. The number of rotatable bonds is 1. The lowest BCUT2D eigenvalue weighted by molar-refractivity contribution is 0.431. The van der Waals surface area contributed by atoms with Crippen LogP contribution in [0.4, 0.5) is 0 Å². The van der Waals surface area contributed by atoms with Crippen molar-refractivity contribution in [1.29, 1.82) is 0 Å². The van der Waals surface area contributed by atoms with E-state index in [1.165, 1.54) is 11.3 Å². The van der Waals surface area contributed by atoms with Gasteiger partial charge in [-0.3, -0.25) is 0 Å². The molecule has 2 aromatic heterocycles. The van der Waals surface area contributed by atoms with Crippen LogP contribution in [0, 0.1) is 6.92 Å². The van der Waals surface area contributed by atoms with Gasteiger partial charge in [-0.2, -0.15) is 4.98 Å². The summed E-state index contributed by atoms with van der Waals surface area (Å²) >= 11 is 13.0. The number of hydrogen-bond acceptors (Lipinski definition) is 4. The van der Waals surface area contributed by atoms with Gasteiger partial charge in [-0.25, -0.2) is 0 Å². The Kier molecular flexibility index (Phi) is 2.27. The van der Waals surface area contributed by atoms with E-state index in [9.17, 15) is 0 Å². The highest BCUT2D eigenvalue weighted by Gasteiger charge is 2.14. The highest BCUT2D eigenvalue weighted by molar-refractivity contribution is 7.14. The van der Waals surface area contributed by atoms with Crippen LogP contribution < -0.4 is 0 Å². The minimum Gasteiger partial charge on any atom is -0.332 e. The Hall–Kier alpha value is -0.580. The largest absolute Gasteiger partial charge is 0.332 e. The molecule has 0 N–H and O–H groups in total. The number of nitrogens with zero attached hydrogens (tertiary/aromatic N) is 2. The summed E-state index contributed by atoms with van der Waals surface area (Å²) in [5.41, 5.74) is 0.996. The van der Waals surface area contributed by atoms with Crippen molar-refractivity contribution in [3.63, 3.8) is 0 Å². The van der Waals surface area contributed by atoms with Crippen LogP contribution in [-0.4, -0.2) is 10.1 Å². The van der Waals surface area contributed by atoms with Crippen molar-refractivity contribution < 1.29 is 4.52 Å². The standard InChI is InChI=1S/C7H4Cl2N2OS/c1-3-2-13-5(4(3)8)6-10-7(9)11-12-6/h2H,1H3. The van der Waals surface area contributed by atoms with Gasteiger partial charge in [0.1, 0.15) is 4.88 Å². The molecule has 0 saturated carbocycles. The zero-order valence-electron chi connectivity index (χ0n) is 6.54. The predicted octanol–water partition coefficient (Wildman–Crippen LogP) is 3.41. The molecule has 2 rings (SSSR count). The Bertz CT molecular complexity index is 437. The first-order valence-electron chi connectivity index (χ1n) is 3.41. The summed E-state index contributed by atoms with van der Waals surface area (Å²) in [6.45, 7) is 1.92. The third kappa shape index (κ3) is 1.57. The monoisotopic (exact) mass is 234 g/mol. The van der Waals surface area contributed by atoms with E-state index in [-0.39, 0.29) is 5.28 Å². The van der Waals surface area contributed by atoms with Crippen LogP contribution in [0.5, 0.6) is 0 Å². The SMILES string of the molecule is Cc1csc(-c2nc(Cl)no2)c1Cl. The minimum absolute atomic E-state index is 0.0946. The molecule has 0 spiro atoms. The van der Waals surface area contributed by atoms with Gasteiger partial charge in [0, 0.05) is 0 Å². The summed E-state index contributed by atoms with van der Waals surface area (Å²) in [6.07, 6.45) is 0. The molecule has 3 nitrogen and oxygen atoms in total. The molecule has 68 valence electrons. The fourth-order valence-electron chi connectivity index (χ4n) is 0.872. The molecule has 0 saturated heterocycles. The molecular weight excluding hydrogens is 231 g/mol. The summed E-state index contributed by atoms with van der Waals surface area (Å²) in [5.74, 6) is 0.369. The number of halogens is 2. The zero-order valence-corrected chi connectivity index (χ0v) is 8.87. The van der Waals surface area contributed by atoms with Crippen molar-refractivity contribution in [2.45, 2.75) is 6.92 Å². The van der Waals surface area contributed by atoms with Crippen molar-refractivity contribution in [1.82, 2.24) is 10.1 Å². The summed E-state index contributed by atoms with van der Waals surface area (Å²) in [5, 5.41) is 6.14. The molecule has 2 heterocycles. The molecule has 0 amide bonds. The molecule has 0 unspecified atom stereocenters. The van der Waals surface area contributed by atoms with Crippen LogP contribution in [-0.2, 0) is 0 Å². The Labute approximate surface area is 88.3 Å². The third-order valence-corrected chi connectivity index (χ3v) is 3.33. The molecular formula is C7H4Cl2N2OS. The van der Waals surface area contributed by atoms with E-state index < -0.39 is 0 Å². The molecule has 0 bridgehead atoms.